The van der Waals surface area contributed by atoms with Crippen LogP contribution in [0.4, 0.5) is 0 Å². The third-order valence-electron chi connectivity index (χ3n) is 3.09. The molecule has 0 aromatic carbocycles. The van der Waals surface area contributed by atoms with Gasteiger partial charge in [-0.15, -0.1) is 0 Å². The van der Waals surface area contributed by atoms with Crippen LogP contribution >= 0.6 is 0 Å². The van der Waals surface area contributed by atoms with Gasteiger partial charge in [0.25, 0.3) is 0 Å². The summed E-state index contributed by atoms with van der Waals surface area (Å²) in [7, 11) is 4.32. The van der Waals surface area contributed by atoms with E-state index in [2.05, 4.69) is 47.5 Å². The maximum atomic E-state index is 2.71. The highest BCUT2D eigenvalue weighted by Gasteiger charge is 2.28. The van der Waals surface area contributed by atoms with Crippen molar-refractivity contribution >= 4 is 15.7 Å². The molecule has 0 atom stereocenters. The Morgan fingerprint density at radius 1 is 1.20 bits per heavy atom. The maximum absolute atomic E-state index is 2.71. The van der Waals surface area contributed by atoms with Crippen molar-refractivity contribution in [3.63, 3.8) is 0 Å². The highest BCUT2D eigenvalue weighted by atomic mass is 27.1. The second-order valence-electron chi connectivity index (χ2n) is 5.85. The molecule has 3 nitrogen and oxygen atoms in total. The predicted molar refractivity (Wildman–Crippen MR) is 68.4 cm³/mol. The summed E-state index contributed by atoms with van der Waals surface area (Å²) in [5, 5.41) is 0. The Bertz CT molecular complexity index is 189. The van der Waals surface area contributed by atoms with Gasteiger partial charge in [0.15, 0.2) is 0 Å². The summed E-state index contributed by atoms with van der Waals surface area (Å²) in [6.45, 7) is 12.1. The van der Waals surface area contributed by atoms with Crippen LogP contribution < -0.4 is 0 Å². The molecule has 1 saturated heterocycles. The quantitative estimate of drug-likeness (QED) is 0.655. The predicted octanol–water partition coefficient (Wildman–Crippen LogP) is 0.621. The molecule has 0 amide bonds. The Kier molecular flexibility index (Phi) is 5.08. The summed E-state index contributed by atoms with van der Waals surface area (Å²) in [6, 6.07) is 0. The van der Waals surface area contributed by atoms with Gasteiger partial charge in [0, 0.05) is 6.54 Å². The van der Waals surface area contributed by atoms with E-state index in [1.54, 1.807) is 0 Å². The van der Waals surface area contributed by atoms with Gasteiger partial charge in [-0.05, 0) is 66.5 Å². The standard InChI is InChI=1S/C11H25N3.Al.H/c1-11(2,3)13-8-6-7-12-9-10-14(4)5;;/h6-10H2,1-5H3;;/q-2;+2;. The van der Waals surface area contributed by atoms with Crippen LogP contribution in [-0.4, -0.2) is 74.1 Å². The lowest BCUT2D eigenvalue weighted by atomic mass is 10.1. The molecule has 1 fully saturated rings. The third-order valence-corrected chi connectivity index (χ3v) is 5.72. The Hall–Kier alpha value is 0.412. The zero-order valence-electron chi connectivity index (χ0n) is 11.1. The summed E-state index contributed by atoms with van der Waals surface area (Å²) in [5.74, 6) is 0. The number of hydrogen-bond donors (Lipinski definition) is 0. The van der Waals surface area contributed by atoms with Crippen LogP contribution in [0.3, 0.4) is 0 Å². The second kappa shape index (κ2) is 5.65. The number of hydrogen-bond acceptors (Lipinski definition) is 3. The zero-order chi connectivity index (χ0) is 11.5. The fraction of sp³-hybridized carbons (Fsp3) is 1.00. The van der Waals surface area contributed by atoms with E-state index >= 15 is 0 Å². The monoisotopic (exact) mass is 227 g/mol. The first-order valence-electron chi connectivity index (χ1n) is 6.02. The van der Waals surface area contributed by atoms with E-state index in [9.17, 15) is 0 Å². The highest BCUT2D eigenvalue weighted by Crippen LogP contribution is 2.16. The van der Waals surface area contributed by atoms with Gasteiger partial charge in [-0.2, -0.15) is 0 Å². The van der Waals surface area contributed by atoms with E-state index in [1.807, 2.05) is 0 Å². The summed E-state index contributed by atoms with van der Waals surface area (Å²) in [4.78, 5) is 2.28. The molecule has 0 radical (unpaired) electrons. The Balaban J connectivity index is 2.36. The van der Waals surface area contributed by atoms with Gasteiger partial charge in [0.05, 0.1) is 0 Å². The fourth-order valence-electron chi connectivity index (χ4n) is 1.94. The largest absolute Gasteiger partial charge is 0.463 e. The van der Waals surface area contributed by atoms with E-state index < -0.39 is 0 Å². The Labute approximate surface area is 102 Å². The topological polar surface area (TPSA) is 9.72 Å². The maximum Gasteiger partial charge on any atom is 0.463 e. The van der Waals surface area contributed by atoms with Crippen molar-refractivity contribution in [2.75, 3.05) is 40.3 Å². The van der Waals surface area contributed by atoms with Gasteiger partial charge < -0.3 is 12.7 Å². The van der Waals surface area contributed by atoms with E-state index in [4.69, 9.17) is 0 Å². The van der Waals surface area contributed by atoms with E-state index in [1.165, 1.54) is 32.6 Å². The summed E-state index contributed by atoms with van der Waals surface area (Å²) >= 11 is -0.171. The van der Waals surface area contributed by atoms with Gasteiger partial charge >= 0.3 is 15.7 Å². The molecule has 1 aliphatic rings. The van der Waals surface area contributed by atoms with Crippen molar-refractivity contribution < 1.29 is 0 Å². The second-order valence-corrected chi connectivity index (χ2v) is 7.79. The molecular formula is C11H26AlN3. The lowest BCUT2D eigenvalue weighted by Crippen LogP contribution is -2.56. The molecule has 0 unspecified atom stereocenters. The molecule has 0 N–H and O–H groups in total. The summed E-state index contributed by atoms with van der Waals surface area (Å²) < 4.78 is 5.42. The van der Waals surface area contributed by atoms with Crippen molar-refractivity contribution in [3.05, 3.63) is 0 Å². The number of likely N-dealkylation sites (N-methyl/N-ethyl adjacent to an activating group) is 1. The molecule has 1 rings (SSSR count). The van der Waals surface area contributed by atoms with Gasteiger partial charge in [0.1, 0.15) is 0 Å². The molecule has 15 heavy (non-hydrogen) atoms. The molecule has 0 saturated carbocycles. The minimum absolute atomic E-state index is 0.171. The first kappa shape index (κ1) is 13.5. The van der Waals surface area contributed by atoms with Crippen molar-refractivity contribution in [1.29, 1.82) is 0 Å². The van der Waals surface area contributed by atoms with E-state index in [-0.39, 0.29) is 15.7 Å². The Morgan fingerprint density at radius 3 is 2.40 bits per heavy atom. The lowest BCUT2D eigenvalue weighted by molar-refractivity contribution is 0.191. The average molecular weight is 227 g/mol. The van der Waals surface area contributed by atoms with Crippen molar-refractivity contribution in [2.24, 2.45) is 0 Å². The van der Waals surface area contributed by atoms with Crippen molar-refractivity contribution in [1.82, 2.24) is 12.7 Å². The smallest absolute Gasteiger partial charge is 0.373 e. The fourth-order valence-corrected chi connectivity index (χ4v) is 3.86. The van der Waals surface area contributed by atoms with Crippen LogP contribution in [0, 0.1) is 0 Å². The molecule has 88 valence electrons. The van der Waals surface area contributed by atoms with Crippen LogP contribution in [0.15, 0.2) is 0 Å². The molecule has 4 heteroatoms. The van der Waals surface area contributed by atoms with E-state index in [0.29, 0.717) is 5.54 Å². The van der Waals surface area contributed by atoms with Crippen molar-refractivity contribution in [3.8, 4) is 0 Å². The molecule has 0 bridgehead atoms. The van der Waals surface area contributed by atoms with Gasteiger partial charge in [-0.1, -0.05) is 0 Å². The third kappa shape index (κ3) is 4.84. The first-order valence-corrected chi connectivity index (χ1v) is 7.28. The average Bonchev–Trinajstić information content (AvgIpc) is 2.14. The van der Waals surface area contributed by atoms with Crippen LogP contribution in [0.2, 0.25) is 0 Å². The molecule has 1 heterocycles. The SMILES string of the molecule is CN(C)CC[N]1CCC[N](C(C)(C)C)[AlH]1. The molecule has 0 aliphatic carbocycles. The number of rotatable bonds is 3. The van der Waals surface area contributed by atoms with Gasteiger partial charge in [-0.25, -0.2) is 0 Å². The minimum Gasteiger partial charge on any atom is -0.373 e. The molecular weight excluding hydrogens is 201 g/mol. The first-order chi connectivity index (χ1) is 6.89. The van der Waals surface area contributed by atoms with Crippen LogP contribution in [0.25, 0.3) is 0 Å². The van der Waals surface area contributed by atoms with Crippen molar-refractivity contribution in [2.45, 2.75) is 32.7 Å². The molecule has 1 aliphatic heterocycles. The van der Waals surface area contributed by atoms with Crippen LogP contribution in [-0.2, 0) is 0 Å². The lowest BCUT2D eigenvalue weighted by Gasteiger charge is -2.43. The van der Waals surface area contributed by atoms with Crippen LogP contribution in [0.5, 0.6) is 0 Å². The molecule has 0 aromatic rings. The number of nitrogens with zero attached hydrogens (tertiary/aromatic N) is 3. The molecule has 0 spiro atoms. The normalized spacial score (nSPS) is 20.7. The zero-order valence-corrected chi connectivity index (χ0v) is 12.5. The Morgan fingerprint density at radius 2 is 1.87 bits per heavy atom. The molecule has 0 aromatic heterocycles. The minimum atomic E-state index is -0.171. The highest BCUT2D eigenvalue weighted by molar-refractivity contribution is 6.29. The van der Waals surface area contributed by atoms with Crippen LogP contribution in [0.1, 0.15) is 27.2 Å². The summed E-state index contributed by atoms with van der Waals surface area (Å²) in [5.41, 5.74) is 0.378. The van der Waals surface area contributed by atoms with Gasteiger partial charge in [-0.3, -0.25) is 0 Å². The van der Waals surface area contributed by atoms with E-state index in [0.717, 1.165) is 0 Å². The summed E-state index contributed by atoms with van der Waals surface area (Å²) in [6.07, 6.45) is 1.34. The van der Waals surface area contributed by atoms with Gasteiger partial charge in [0.2, 0.25) is 0 Å².